The number of rotatable bonds is 4. The number of benzene rings is 1. The number of aromatic nitrogens is 4. The van der Waals surface area contributed by atoms with Crippen molar-refractivity contribution in [2.24, 2.45) is 0 Å². The van der Waals surface area contributed by atoms with Crippen molar-refractivity contribution < 1.29 is 4.74 Å². The maximum atomic E-state index is 6.27. The number of aryl methyl sites for hydroxylation is 1. The fourth-order valence-electron chi connectivity index (χ4n) is 4.66. The Labute approximate surface area is 165 Å². The first-order valence-corrected chi connectivity index (χ1v) is 10.4. The van der Waals surface area contributed by atoms with E-state index in [1.807, 2.05) is 6.07 Å². The van der Waals surface area contributed by atoms with Crippen LogP contribution < -0.4 is 4.74 Å². The molecule has 146 valence electrons. The summed E-state index contributed by atoms with van der Waals surface area (Å²) in [7, 11) is 0. The minimum atomic E-state index is 0.330. The summed E-state index contributed by atoms with van der Waals surface area (Å²) in [6, 6.07) is 11.2. The molecule has 1 saturated carbocycles. The van der Waals surface area contributed by atoms with E-state index < -0.39 is 0 Å². The van der Waals surface area contributed by atoms with Gasteiger partial charge in [-0.3, -0.25) is 0 Å². The second-order valence-corrected chi connectivity index (χ2v) is 8.13. The Morgan fingerprint density at radius 2 is 1.75 bits per heavy atom. The number of likely N-dealkylation sites (tertiary alicyclic amines) is 1. The first-order chi connectivity index (χ1) is 13.8. The van der Waals surface area contributed by atoms with Crippen LogP contribution in [-0.2, 0) is 0 Å². The monoisotopic (exact) mass is 377 g/mol. The van der Waals surface area contributed by atoms with Gasteiger partial charge in [-0.1, -0.05) is 12.8 Å². The molecule has 5 rings (SSSR count). The van der Waals surface area contributed by atoms with Gasteiger partial charge in [0.05, 0.1) is 5.69 Å². The normalized spacial score (nSPS) is 19.5. The first-order valence-electron chi connectivity index (χ1n) is 10.4. The molecule has 2 aromatic heterocycles. The summed E-state index contributed by atoms with van der Waals surface area (Å²) in [5.41, 5.74) is 3.89. The fourth-order valence-corrected chi connectivity index (χ4v) is 4.66. The van der Waals surface area contributed by atoms with Crippen LogP contribution in [0.1, 0.15) is 44.1 Å². The van der Waals surface area contributed by atoms with Crippen molar-refractivity contribution in [3.05, 3.63) is 42.2 Å². The Hall–Kier alpha value is -2.47. The van der Waals surface area contributed by atoms with Gasteiger partial charge in [-0.15, -0.1) is 10.2 Å². The third-order valence-electron chi connectivity index (χ3n) is 6.23. The summed E-state index contributed by atoms with van der Waals surface area (Å²) >= 11 is 0. The Bertz CT molecular complexity index is 937. The molecule has 6 heteroatoms. The molecule has 1 aromatic carbocycles. The van der Waals surface area contributed by atoms with Crippen LogP contribution in [0, 0.1) is 6.92 Å². The van der Waals surface area contributed by atoms with Gasteiger partial charge >= 0.3 is 0 Å². The predicted octanol–water partition coefficient (Wildman–Crippen LogP) is 3.89. The summed E-state index contributed by atoms with van der Waals surface area (Å²) in [5, 5.41) is 12.6. The highest BCUT2D eigenvalue weighted by atomic mass is 16.5. The maximum Gasteiger partial charge on any atom is 0.177 e. The average molecular weight is 377 g/mol. The van der Waals surface area contributed by atoms with E-state index in [9.17, 15) is 0 Å². The second kappa shape index (κ2) is 7.51. The second-order valence-electron chi connectivity index (χ2n) is 8.13. The Morgan fingerprint density at radius 3 is 2.50 bits per heavy atom. The minimum absolute atomic E-state index is 0.330. The van der Waals surface area contributed by atoms with E-state index in [-0.39, 0.29) is 0 Å². The van der Waals surface area contributed by atoms with E-state index >= 15 is 0 Å². The van der Waals surface area contributed by atoms with Crippen molar-refractivity contribution in [3.8, 4) is 17.0 Å². The standard InChI is InChI=1S/C22H27N5O/c1-16-14-21-24-23-15-27(21)25-22(16)17-6-8-19(9-7-17)28-20-10-12-26(13-11-20)18-4-2-3-5-18/h6-9,14-15,18,20H,2-5,10-13H2,1H3. The van der Waals surface area contributed by atoms with Crippen molar-refractivity contribution in [3.63, 3.8) is 0 Å². The predicted molar refractivity (Wildman–Crippen MR) is 108 cm³/mol. The van der Waals surface area contributed by atoms with Crippen molar-refractivity contribution in [2.75, 3.05) is 13.1 Å². The molecule has 6 nitrogen and oxygen atoms in total. The van der Waals surface area contributed by atoms with Crippen LogP contribution in [0.3, 0.4) is 0 Å². The highest BCUT2D eigenvalue weighted by Gasteiger charge is 2.27. The molecule has 0 radical (unpaired) electrons. The quantitative estimate of drug-likeness (QED) is 0.690. The molecule has 0 N–H and O–H groups in total. The smallest absolute Gasteiger partial charge is 0.177 e. The number of fused-ring (bicyclic) bond motifs is 1. The van der Waals surface area contributed by atoms with Crippen molar-refractivity contribution >= 4 is 5.65 Å². The molecular weight excluding hydrogens is 350 g/mol. The highest BCUT2D eigenvalue weighted by Crippen LogP contribution is 2.28. The molecule has 0 bridgehead atoms. The van der Waals surface area contributed by atoms with Crippen molar-refractivity contribution in [1.82, 2.24) is 24.7 Å². The van der Waals surface area contributed by atoms with Gasteiger partial charge in [0.1, 0.15) is 18.2 Å². The molecule has 1 saturated heterocycles. The Balaban J connectivity index is 1.23. The lowest BCUT2D eigenvalue weighted by Gasteiger charge is -2.36. The summed E-state index contributed by atoms with van der Waals surface area (Å²) < 4.78 is 7.99. The number of piperidine rings is 1. The van der Waals surface area contributed by atoms with Crippen LogP contribution in [-0.4, -0.2) is 49.9 Å². The van der Waals surface area contributed by atoms with Crippen molar-refractivity contribution in [1.29, 1.82) is 0 Å². The zero-order valence-electron chi connectivity index (χ0n) is 16.4. The number of nitrogens with zero attached hydrogens (tertiary/aromatic N) is 5. The Morgan fingerprint density at radius 1 is 1.00 bits per heavy atom. The zero-order chi connectivity index (χ0) is 18.9. The average Bonchev–Trinajstić information content (AvgIpc) is 3.40. The van der Waals surface area contributed by atoms with E-state index in [4.69, 9.17) is 4.74 Å². The largest absolute Gasteiger partial charge is 0.490 e. The fraction of sp³-hybridized carbons (Fsp3) is 0.500. The number of hydrogen-bond donors (Lipinski definition) is 0. The van der Waals surface area contributed by atoms with Gasteiger partial charge in [-0.25, -0.2) is 0 Å². The molecular formula is C22H27N5O. The van der Waals surface area contributed by atoms with E-state index in [2.05, 4.69) is 51.4 Å². The molecule has 0 spiro atoms. The van der Waals surface area contributed by atoms with Crippen LogP contribution in [0.15, 0.2) is 36.7 Å². The molecule has 0 amide bonds. The van der Waals surface area contributed by atoms with Crippen molar-refractivity contribution in [2.45, 2.75) is 57.6 Å². The molecule has 2 fully saturated rings. The van der Waals surface area contributed by atoms with Crippen LogP contribution in [0.4, 0.5) is 0 Å². The van der Waals surface area contributed by atoms with E-state index in [1.165, 1.54) is 38.8 Å². The van der Waals surface area contributed by atoms with Gasteiger partial charge in [0.15, 0.2) is 5.65 Å². The SMILES string of the molecule is Cc1cc2nncn2nc1-c1ccc(OC2CCN(C3CCCC3)CC2)cc1. The molecule has 28 heavy (non-hydrogen) atoms. The van der Waals surface area contributed by atoms with Crippen LogP contribution in [0.25, 0.3) is 16.9 Å². The lowest BCUT2D eigenvalue weighted by atomic mass is 10.0. The van der Waals surface area contributed by atoms with Gasteiger partial charge in [0.2, 0.25) is 0 Å². The number of ether oxygens (including phenoxy) is 1. The van der Waals surface area contributed by atoms with Gasteiger partial charge in [0, 0.05) is 24.7 Å². The molecule has 0 atom stereocenters. The van der Waals surface area contributed by atoms with Gasteiger partial charge in [-0.05, 0) is 68.5 Å². The maximum absolute atomic E-state index is 6.27. The van der Waals surface area contributed by atoms with Crippen LogP contribution >= 0.6 is 0 Å². The summed E-state index contributed by atoms with van der Waals surface area (Å²) in [4.78, 5) is 2.69. The zero-order valence-corrected chi connectivity index (χ0v) is 16.4. The molecule has 3 heterocycles. The minimum Gasteiger partial charge on any atom is -0.490 e. The molecule has 3 aromatic rings. The third-order valence-corrected chi connectivity index (χ3v) is 6.23. The molecule has 1 aliphatic carbocycles. The van der Waals surface area contributed by atoms with Gasteiger partial charge in [-0.2, -0.15) is 9.61 Å². The van der Waals surface area contributed by atoms with E-state index in [0.717, 1.165) is 47.1 Å². The van der Waals surface area contributed by atoms with Gasteiger partial charge < -0.3 is 9.64 Å². The molecule has 1 aliphatic heterocycles. The van der Waals surface area contributed by atoms with E-state index in [0.29, 0.717) is 6.10 Å². The van der Waals surface area contributed by atoms with E-state index in [1.54, 1.807) is 10.8 Å². The van der Waals surface area contributed by atoms with Gasteiger partial charge in [0.25, 0.3) is 0 Å². The molecule has 2 aliphatic rings. The van der Waals surface area contributed by atoms with Crippen LogP contribution in [0.2, 0.25) is 0 Å². The molecule has 0 unspecified atom stereocenters. The number of hydrogen-bond acceptors (Lipinski definition) is 5. The lowest BCUT2D eigenvalue weighted by Crippen LogP contribution is -2.43. The highest BCUT2D eigenvalue weighted by molar-refractivity contribution is 5.65. The Kier molecular flexibility index (Phi) is 4.72. The summed E-state index contributed by atoms with van der Waals surface area (Å²) in [6.45, 7) is 4.41. The summed E-state index contributed by atoms with van der Waals surface area (Å²) in [5.74, 6) is 0.950. The summed E-state index contributed by atoms with van der Waals surface area (Å²) in [6.07, 6.45) is 9.82. The first kappa shape index (κ1) is 17.6. The topological polar surface area (TPSA) is 55.6 Å². The third kappa shape index (κ3) is 3.49. The van der Waals surface area contributed by atoms with Crippen LogP contribution in [0.5, 0.6) is 5.75 Å². The lowest BCUT2D eigenvalue weighted by molar-refractivity contribution is 0.0768.